The van der Waals surface area contributed by atoms with Crippen molar-refractivity contribution in [2.24, 2.45) is 5.92 Å². The number of benzene rings is 1. The number of urea groups is 1. The highest BCUT2D eigenvalue weighted by molar-refractivity contribution is 5.88. The number of nitrogens with zero attached hydrogens (tertiary/aromatic N) is 4. The maximum atomic E-state index is 12.4. The lowest BCUT2D eigenvalue weighted by Crippen LogP contribution is -2.41. The third-order valence-corrected chi connectivity index (χ3v) is 4.46. The van der Waals surface area contributed by atoms with Crippen molar-refractivity contribution in [3.05, 3.63) is 42.7 Å². The topological polar surface area (TPSA) is 53.4 Å². The maximum Gasteiger partial charge on any atom is 0.321 e. The van der Waals surface area contributed by atoms with E-state index < -0.39 is 0 Å². The molecule has 0 aliphatic carbocycles. The summed E-state index contributed by atoms with van der Waals surface area (Å²) in [6.45, 7) is 3.00. The summed E-state index contributed by atoms with van der Waals surface area (Å²) in [7, 11) is 4.00. The van der Waals surface area contributed by atoms with Crippen molar-refractivity contribution >= 4 is 11.7 Å². The third kappa shape index (κ3) is 4.14. The van der Waals surface area contributed by atoms with E-state index in [1.165, 1.54) is 12.8 Å². The Balaban J connectivity index is 1.55. The number of piperidine rings is 1. The largest absolute Gasteiger partial charge is 0.327 e. The molecule has 0 bridgehead atoms. The van der Waals surface area contributed by atoms with Crippen LogP contribution >= 0.6 is 0 Å². The number of amides is 2. The Morgan fingerprint density at radius 2 is 2.17 bits per heavy atom. The van der Waals surface area contributed by atoms with Gasteiger partial charge in [-0.25, -0.2) is 9.48 Å². The smallest absolute Gasteiger partial charge is 0.321 e. The van der Waals surface area contributed by atoms with Crippen molar-refractivity contribution < 1.29 is 4.79 Å². The number of hydrogen-bond donors (Lipinski definition) is 1. The second-order valence-corrected chi connectivity index (χ2v) is 6.59. The molecule has 1 N–H and O–H groups in total. The number of likely N-dealkylation sites (tertiary alicyclic amines) is 1. The molecule has 0 saturated carbocycles. The van der Waals surface area contributed by atoms with Gasteiger partial charge < -0.3 is 15.1 Å². The van der Waals surface area contributed by atoms with Gasteiger partial charge in [0.05, 0.1) is 23.8 Å². The predicted octanol–water partition coefficient (Wildman–Crippen LogP) is 2.68. The molecule has 6 heteroatoms. The molecule has 3 rings (SSSR count). The van der Waals surface area contributed by atoms with Gasteiger partial charge in [0.15, 0.2) is 0 Å². The van der Waals surface area contributed by atoms with Crippen LogP contribution in [0, 0.1) is 5.92 Å². The van der Waals surface area contributed by atoms with Crippen LogP contribution in [0.3, 0.4) is 0 Å². The predicted molar refractivity (Wildman–Crippen MR) is 95.4 cm³/mol. The first-order chi connectivity index (χ1) is 11.6. The molecular weight excluding hydrogens is 302 g/mol. The average Bonchev–Trinajstić information content (AvgIpc) is 3.04. The van der Waals surface area contributed by atoms with Crippen LogP contribution in [0.4, 0.5) is 10.5 Å². The lowest BCUT2D eigenvalue weighted by molar-refractivity contribution is 0.170. The van der Waals surface area contributed by atoms with Gasteiger partial charge in [0.25, 0.3) is 0 Å². The van der Waals surface area contributed by atoms with Crippen LogP contribution in [0.1, 0.15) is 12.8 Å². The maximum absolute atomic E-state index is 12.4. The summed E-state index contributed by atoms with van der Waals surface area (Å²) in [6.07, 6.45) is 5.90. The minimum absolute atomic E-state index is 0.0872. The summed E-state index contributed by atoms with van der Waals surface area (Å²) in [5.41, 5.74) is 1.67. The Morgan fingerprint density at radius 1 is 1.38 bits per heavy atom. The molecule has 1 saturated heterocycles. The molecule has 1 aromatic carbocycles. The first-order valence-corrected chi connectivity index (χ1v) is 8.42. The molecule has 6 nitrogen and oxygen atoms in total. The monoisotopic (exact) mass is 327 g/mol. The number of carbonyl (C=O) groups is 1. The summed E-state index contributed by atoms with van der Waals surface area (Å²) in [5.74, 6) is 0.548. The fraction of sp³-hybridized carbons (Fsp3) is 0.444. The Kier molecular flexibility index (Phi) is 5.15. The van der Waals surface area contributed by atoms with Crippen molar-refractivity contribution in [2.45, 2.75) is 12.8 Å². The van der Waals surface area contributed by atoms with Gasteiger partial charge >= 0.3 is 6.03 Å². The molecule has 24 heavy (non-hydrogen) atoms. The number of hydrogen-bond acceptors (Lipinski definition) is 3. The highest BCUT2D eigenvalue weighted by Gasteiger charge is 2.21. The van der Waals surface area contributed by atoms with E-state index in [0.29, 0.717) is 11.6 Å². The normalized spacial score (nSPS) is 18.3. The zero-order chi connectivity index (χ0) is 16.9. The molecule has 128 valence electrons. The van der Waals surface area contributed by atoms with Gasteiger partial charge in [0, 0.05) is 20.1 Å². The number of para-hydroxylation sites is 1. The summed E-state index contributed by atoms with van der Waals surface area (Å²) >= 11 is 0. The van der Waals surface area contributed by atoms with Gasteiger partial charge in [-0.05, 0) is 44.5 Å². The van der Waals surface area contributed by atoms with E-state index in [2.05, 4.69) is 22.4 Å². The van der Waals surface area contributed by atoms with E-state index in [0.717, 1.165) is 25.3 Å². The van der Waals surface area contributed by atoms with Gasteiger partial charge in [-0.3, -0.25) is 0 Å². The average molecular weight is 327 g/mol. The second-order valence-electron chi connectivity index (χ2n) is 6.59. The fourth-order valence-electron chi connectivity index (χ4n) is 3.22. The molecule has 2 amide bonds. The summed E-state index contributed by atoms with van der Waals surface area (Å²) in [4.78, 5) is 16.5. The zero-order valence-corrected chi connectivity index (χ0v) is 14.4. The minimum atomic E-state index is -0.0872. The van der Waals surface area contributed by atoms with Crippen molar-refractivity contribution in [3.8, 4) is 5.69 Å². The lowest BCUT2D eigenvalue weighted by atomic mass is 9.98. The second kappa shape index (κ2) is 7.49. The molecule has 1 aromatic heterocycles. The number of anilines is 1. The van der Waals surface area contributed by atoms with Crippen LogP contribution in [0.15, 0.2) is 42.7 Å². The molecular formula is C18H25N5O. The Bertz CT molecular complexity index is 669. The Morgan fingerprint density at radius 3 is 2.92 bits per heavy atom. The van der Waals surface area contributed by atoms with Crippen molar-refractivity contribution in [2.75, 3.05) is 39.0 Å². The third-order valence-electron chi connectivity index (χ3n) is 4.46. The first-order valence-electron chi connectivity index (χ1n) is 8.42. The van der Waals surface area contributed by atoms with Crippen LogP contribution in [0.25, 0.3) is 5.69 Å². The molecule has 0 radical (unpaired) electrons. The van der Waals surface area contributed by atoms with Gasteiger partial charge in [-0.2, -0.15) is 5.10 Å². The quantitative estimate of drug-likeness (QED) is 0.939. The molecule has 2 aromatic rings. The van der Waals surface area contributed by atoms with Crippen LogP contribution < -0.4 is 5.32 Å². The summed E-state index contributed by atoms with van der Waals surface area (Å²) < 4.78 is 1.76. The van der Waals surface area contributed by atoms with Crippen molar-refractivity contribution in [1.29, 1.82) is 0 Å². The summed E-state index contributed by atoms with van der Waals surface area (Å²) in [6, 6.07) is 9.76. The summed E-state index contributed by atoms with van der Waals surface area (Å²) in [5, 5.41) is 7.22. The van der Waals surface area contributed by atoms with E-state index >= 15 is 0 Å². The van der Waals surface area contributed by atoms with Gasteiger partial charge in [0.1, 0.15) is 0 Å². The van der Waals surface area contributed by atoms with Crippen LogP contribution in [-0.4, -0.2) is 59.3 Å². The standard InChI is InChI=1S/C18H25N5O/c1-21-10-6-7-15(12-21)13-22(2)18(24)20-16-11-19-23(14-16)17-8-4-3-5-9-17/h3-5,8-9,11,14-15H,6-7,10,12-13H2,1-2H3,(H,20,24). The molecule has 1 atom stereocenters. The number of carbonyl (C=O) groups excluding carboxylic acids is 1. The van der Waals surface area contributed by atoms with E-state index in [-0.39, 0.29) is 6.03 Å². The van der Waals surface area contributed by atoms with Gasteiger partial charge in [-0.1, -0.05) is 18.2 Å². The molecule has 2 heterocycles. The van der Waals surface area contributed by atoms with Crippen molar-refractivity contribution in [1.82, 2.24) is 19.6 Å². The minimum Gasteiger partial charge on any atom is -0.327 e. The van der Waals surface area contributed by atoms with Crippen LogP contribution in [-0.2, 0) is 0 Å². The van der Waals surface area contributed by atoms with Gasteiger partial charge in [-0.15, -0.1) is 0 Å². The molecule has 0 spiro atoms. The Labute approximate surface area is 143 Å². The lowest BCUT2D eigenvalue weighted by Gasteiger charge is -2.32. The van der Waals surface area contributed by atoms with Crippen LogP contribution in [0.5, 0.6) is 0 Å². The first kappa shape index (κ1) is 16.5. The fourth-order valence-corrected chi connectivity index (χ4v) is 3.22. The zero-order valence-electron chi connectivity index (χ0n) is 14.4. The number of nitrogens with one attached hydrogen (secondary N) is 1. The van der Waals surface area contributed by atoms with E-state index in [1.807, 2.05) is 43.6 Å². The highest BCUT2D eigenvalue weighted by atomic mass is 16.2. The van der Waals surface area contributed by atoms with Crippen LogP contribution in [0.2, 0.25) is 0 Å². The number of aromatic nitrogens is 2. The van der Waals surface area contributed by atoms with Crippen molar-refractivity contribution in [3.63, 3.8) is 0 Å². The molecule has 1 fully saturated rings. The van der Waals surface area contributed by atoms with E-state index in [4.69, 9.17) is 0 Å². The Hall–Kier alpha value is -2.34. The van der Waals surface area contributed by atoms with Gasteiger partial charge in [0.2, 0.25) is 0 Å². The molecule has 1 unspecified atom stereocenters. The van der Waals surface area contributed by atoms with E-state index in [9.17, 15) is 4.79 Å². The van der Waals surface area contributed by atoms with E-state index in [1.54, 1.807) is 15.8 Å². The highest BCUT2D eigenvalue weighted by Crippen LogP contribution is 2.17. The SMILES string of the molecule is CN1CCCC(CN(C)C(=O)Nc2cnn(-c3ccccc3)c2)C1. The number of rotatable bonds is 4. The molecule has 1 aliphatic heterocycles. The molecule has 1 aliphatic rings.